The molecule has 1 aliphatic carbocycles. The second kappa shape index (κ2) is 7.18. The monoisotopic (exact) mass is 415 g/mol. The van der Waals surface area contributed by atoms with Crippen LogP contribution in [0.4, 0.5) is 0 Å². The van der Waals surface area contributed by atoms with Crippen LogP contribution < -0.4 is 4.74 Å². The SMILES string of the molecule is O=C(c1ccc[nH]1)N1CC[C@@H]2Oc3ccccc3S(=O)(=O)N(CC3CC3)[C@H]2CC1. The lowest BCUT2D eigenvalue weighted by atomic mass is 10.1. The summed E-state index contributed by atoms with van der Waals surface area (Å²) in [7, 11) is -3.64. The molecule has 8 heteroatoms. The number of nitrogens with zero attached hydrogens (tertiary/aromatic N) is 2. The molecule has 3 heterocycles. The Kier molecular flexibility index (Phi) is 4.63. The van der Waals surface area contributed by atoms with E-state index >= 15 is 0 Å². The number of rotatable bonds is 3. The summed E-state index contributed by atoms with van der Waals surface area (Å²) < 4.78 is 35.0. The lowest BCUT2D eigenvalue weighted by molar-refractivity contribution is 0.0750. The average molecular weight is 416 g/mol. The molecule has 3 aliphatic rings. The maximum absolute atomic E-state index is 13.5. The standard InChI is InChI=1S/C21H25N3O4S/c25-21(16-4-3-11-22-16)23-12-9-17-18(10-13-23)28-19-5-1-2-6-20(19)29(26,27)24(17)14-15-7-8-15/h1-6,11,15,17-18,22H,7-10,12-14H2/t17-,18-/m0/s1. The molecule has 0 bridgehead atoms. The molecule has 154 valence electrons. The number of ether oxygens (including phenoxy) is 1. The van der Waals surface area contributed by atoms with Gasteiger partial charge in [-0.3, -0.25) is 4.79 Å². The van der Waals surface area contributed by atoms with E-state index in [0.29, 0.717) is 49.8 Å². The Bertz CT molecular complexity index is 1000. The van der Waals surface area contributed by atoms with E-state index in [2.05, 4.69) is 4.98 Å². The molecule has 1 saturated heterocycles. The molecule has 1 N–H and O–H groups in total. The molecule has 0 radical (unpaired) electrons. The second-order valence-corrected chi connectivity index (χ2v) is 10.0. The quantitative estimate of drug-likeness (QED) is 0.835. The van der Waals surface area contributed by atoms with Crippen LogP contribution in [0.15, 0.2) is 47.5 Å². The third-order valence-corrected chi connectivity index (χ3v) is 8.07. The minimum absolute atomic E-state index is 0.0524. The molecule has 1 saturated carbocycles. The minimum atomic E-state index is -3.64. The summed E-state index contributed by atoms with van der Waals surface area (Å²) in [5, 5.41) is 0. The van der Waals surface area contributed by atoms with Crippen molar-refractivity contribution in [2.24, 2.45) is 5.92 Å². The number of likely N-dealkylation sites (tertiary alicyclic amines) is 1. The fourth-order valence-corrected chi connectivity index (χ4v) is 6.26. The molecule has 1 aromatic carbocycles. The fraction of sp³-hybridized carbons (Fsp3) is 0.476. The first-order valence-corrected chi connectivity index (χ1v) is 11.7. The molecular formula is C21H25N3O4S. The van der Waals surface area contributed by atoms with Crippen LogP contribution in [0.5, 0.6) is 5.75 Å². The summed E-state index contributed by atoms with van der Waals surface area (Å²) in [5.74, 6) is 0.795. The largest absolute Gasteiger partial charge is 0.487 e. The maximum atomic E-state index is 13.5. The van der Waals surface area contributed by atoms with Crippen molar-refractivity contribution >= 4 is 15.9 Å². The van der Waals surface area contributed by atoms with E-state index in [1.165, 1.54) is 0 Å². The van der Waals surface area contributed by atoms with E-state index in [0.717, 1.165) is 12.8 Å². The number of carbonyl (C=O) groups excluding carboxylic acids is 1. The van der Waals surface area contributed by atoms with Crippen molar-refractivity contribution in [1.29, 1.82) is 0 Å². The van der Waals surface area contributed by atoms with Crippen LogP contribution in [0.3, 0.4) is 0 Å². The van der Waals surface area contributed by atoms with Gasteiger partial charge in [-0.15, -0.1) is 0 Å². The molecular weight excluding hydrogens is 390 g/mol. The first-order valence-electron chi connectivity index (χ1n) is 10.2. The number of carbonyl (C=O) groups is 1. The van der Waals surface area contributed by atoms with Gasteiger partial charge in [-0.1, -0.05) is 12.1 Å². The predicted molar refractivity (Wildman–Crippen MR) is 107 cm³/mol. The van der Waals surface area contributed by atoms with Crippen molar-refractivity contribution in [2.45, 2.75) is 42.7 Å². The Morgan fingerprint density at radius 1 is 1.07 bits per heavy atom. The second-order valence-electron chi connectivity index (χ2n) is 8.14. The van der Waals surface area contributed by atoms with E-state index in [4.69, 9.17) is 4.74 Å². The minimum Gasteiger partial charge on any atom is -0.487 e. The van der Waals surface area contributed by atoms with Gasteiger partial charge in [0.25, 0.3) is 5.91 Å². The highest BCUT2D eigenvalue weighted by atomic mass is 32.2. The Hall–Kier alpha value is -2.32. The van der Waals surface area contributed by atoms with Gasteiger partial charge in [-0.25, -0.2) is 8.42 Å². The Morgan fingerprint density at radius 2 is 1.86 bits per heavy atom. The van der Waals surface area contributed by atoms with Crippen LogP contribution >= 0.6 is 0 Å². The number of amides is 1. The van der Waals surface area contributed by atoms with E-state index < -0.39 is 10.0 Å². The zero-order valence-corrected chi connectivity index (χ0v) is 17.0. The van der Waals surface area contributed by atoms with Gasteiger partial charge in [0.15, 0.2) is 0 Å². The number of para-hydroxylation sites is 1. The Balaban J connectivity index is 1.47. The smallest absolute Gasteiger partial charge is 0.270 e. The van der Waals surface area contributed by atoms with Gasteiger partial charge >= 0.3 is 0 Å². The number of aromatic amines is 1. The Morgan fingerprint density at radius 3 is 2.62 bits per heavy atom. The maximum Gasteiger partial charge on any atom is 0.270 e. The highest BCUT2D eigenvalue weighted by molar-refractivity contribution is 7.89. The predicted octanol–water partition coefficient (Wildman–Crippen LogP) is 2.48. The molecule has 2 atom stereocenters. The van der Waals surface area contributed by atoms with E-state index in [9.17, 15) is 13.2 Å². The molecule has 2 aromatic rings. The lowest BCUT2D eigenvalue weighted by Gasteiger charge is -2.31. The number of hydrogen-bond acceptors (Lipinski definition) is 4. The summed E-state index contributed by atoms with van der Waals surface area (Å²) >= 11 is 0. The number of nitrogens with one attached hydrogen (secondary N) is 1. The van der Waals surface area contributed by atoms with Crippen LogP contribution in [-0.2, 0) is 10.0 Å². The third kappa shape index (κ3) is 3.44. The van der Waals surface area contributed by atoms with Crippen LogP contribution in [0.25, 0.3) is 0 Å². The van der Waals surface area contributed by atoms with Gasteiger partial charge < -0.3 is 14.6 Å². The van der Waals surface area contributed by atoms with Crippen LogP contribution in [-0.4, -0.2) is 60.3 Å². The molecule has 1 amide bonds. The number of sulfonamides is 1. The van der Waals surface area contributed by atoms with Crippen molar-refractivity contribution in [3.8, 4) is 5.75 Å². The van der Waals surface area contributed by atoms with E-state index in [1.807, 2.05) is 0 Å². The lowest BCUT2D eigenvalue weighted by Crippen LogP contribution is -2.48. The summed E-state index contributed by atoms with van der Waals surface area (Å²) in [6.07, 6.45) is 4.78. The highest BCUT2D eigenvalue weighted by Crippen LogP contribution is 2.39. The van der Waals surface area contributed by atoms with Gasteiger partial charge in [-0.2, -0.15) is 4.31 Å². The molecule has 7 nitrogen and oxygen atoms in total. The van der Waals surface area contributed by atoms with Crippen molar-refractivity contribution in [3.63, 3.8) is 0 Å². The summed E-state index contributed by atoms with van der Waals surface area (Å²) in [4.78, 5) is 17.8. The average Bonchev–Trinajstić information content (AvgIpc) is 3.43. The van der Waals surface area contributed by atoms with Crippen LogP contribution in [0.1, 0.15) is 36.2 Å². The summed E-state index contributed by atoms with van der Waals surface area (Å²) in [6.45, 7) is 1.58. The van der Waals surface area contributed by atoms with Crippen molar-refractivity contribution in [2.75, 3.05) is 19.6 Å². The summed E-state index contributed by atoms with van der Waals surface area (Å²) in [6, 6.07) is 10.2. The first kappa shape index (κ1) is 18.7. The number of benzene rings is 1. The van der Waals surface area contributed by atoms with Gasteiger partial charge in [0.1, 0.15) is 22.4 Å². The van der Waals surface area contributed by atoms with Crippen LogP contribution in [0, 0.1) is 5.92 Å². The molecule has 0 spiro atoms. The Labute approximate surface area is 170 Å². The van der Waals surface area contributed by atoms with Crippen molar-refractivity contribution in [1.82, 2.24) is 14.2 Å². The van der Waals surface area contributed by atoms with Crippen molar-refractivity contribution < 1.29 is 17.9 Å². The van der Waals surface area contributed by atoms with E-state index in [-0.39, 0.29) is 22.9 Å². The summed E-state index contributed by atoms with van der Waals surface area (Å²) in [5.41, 5.74) is 0.556. The van der Waals surface area contributed by atoms with Crippen molar-refractivity contribution in [3.05, 3.63) is 48.3 Å². The third-order valence-electron chi connectivity index (χ3n) is 6.14. The molecule has 1 aromatic heterocycles. The molecule has 2 aliphatic heterocycles. The molecule has 0 unspecified atom stereocenters. The first-order chi connectivity index (χ1) is 14.0. The van der Waals surface area contributed by atoms with Gasteiger partial charge in [0.2, 0.25) is 10.0 Å². The molecule has 29 heavy (non-hydrogen) atoms. The van der Waals surface area contributed by atoms with Gasteiger partial charge in [0.05, 0.1) is 6.04 Å². The van der Waals surface area contributed by atoms with Gasteiger partial charge in [0, 0.05) is 32.3 Å². The molecule has 2 fully saturated rings. The highest BCUT2D eigenvalue weighted by Gasteiger charge is 2.45. The molecule has 5 rings (SSSR count). The zero-order chi connectivity index (χ0) is 20.0. The number of aromatic nitrogens is 1. The van der Waals surface area contributed by atoms with Gasteiger partial charge in [-0.05, 0) is 49.4 Å². The fourth-order valence-electron chi connectivity index (χ4n) is 4.38. The topological polar surface area (TPSA) is 82.7 Å². The normalized spacial score (nSPS) is 26.6. The zero-order valence-electron chi connectivity index (χ0n) is 16.2. The number of H-pyrrole nitrogens is 1. The number of fused-ring (bicyclic) bond motifs is 2. The van der Waals surface area contributed by atoms with E-state index in [1.54, 1.807) is 51.8 Å². The number of hydrogen-bond donors (Lipinski definition) is 1. The van der Waals surface area contributed by atoms with Crippen LogP contribution in [0.2, 0.25) is 0 Å².